The highest BCUT2D eigenvalue weighted by molar-refractivity contribution is 6.31. The third kappa shape index (κ3) is 2.47. The number of pyridine rings is 1. The van der Waals surface area contributed by atoms with Crippen LogP contribution < -0.4 is 11.1 Å². The van der Waals surface area contributed by atoms with Crippen molar-refractivity contribution in [1.29, 1.82) is 0 Å². The summed E-state index contributed by atoms with van der Waals surface area (Å²) in [4.78, 5) is 4.14. The number of hydrogen-bond donors (Lipinski definition) is 2. The molecule has 1 aromatic rings. The van der Waals surface area contributed by atoms with E-state index < -0.39 is 0 Å². The molecule has 16 heavy (non-hydrogen) atoms. The molecule has 0 saturated heterocycles. The van der Waals surface area contributed by atoms with Crippen LogP contribution in [0.3, 0.4) is 0 Å². The Labute approximate surface area is 101 Å². The van der Waals surface area contributed by atoms with Gasteiger partial charge in [0.2, 0.25) is 0 Å². The summed E-state index contributed by atoms with van der Waals surface area (Å²) in [5.41, 5.74) is 7.81. The molecule has 4 heteroatoms. The molecule has 0 radical (unpaired) electrons. The minimum absolute atomic E-state index is 0.450. The second kappa shape index (κ2) is 5.02. The van der Waals surface area contributed by atoms with E-state index in [0.717, 1.165) is 17.8 Å². The minimum Gasteiger partial charge on any atom is -0.379 e. The molecule has 1 fully saturated rings. The van der Waals surface area contributed by atoms with Crippen LogP contribution in [-0.4, -0.2) is 17.6 Å². The number of aromatic nitrogens is 1. The molecular weight excluding hydrogens is 222 g/mol. The number of nitrogens with one attached hydrogen (secondary N) is 1. The van der Waals surface area contributed by atoms with E-state index in [4.69, 9.17) is 17.3 Å². The van der Waals surface area contributed by atoms with Crippen molar-refractivity contribution in [3.05, 3.63) is 23.0 Å². The van der Waals surface area contributed by atoms with Gasteiger partial charge in [0.1, 0.15) is 0 Å². The Kier molecular flexibility index (Phi) is 3.66. The number of anilines is 1. The molecule has 0 spiro atoms. The van der Waals surface area contributed by atoms with Gasteiger partial charge in [0.15, 0.2) is 5.15 Å². The van der Waals surface area contributed by atoms with Gasteiger partial charge in [-0.2, -0.15) is 0 Å². The number of nitrogens with zero attached hydrogens (tertiary/aromatic N) is 1. The lowest BCUT2D eigenvalue weighted by atomic mass is 10.0. The molecule has 3 N–H and O–H groups in total. The molecule has 0 aliphatic heterocycles. The van der Waals surface area contributed by atoms with Crippen molar-refractivity contribution in [1.82, 2.24) is 4.98 Å². The minimum atomic E-state index is 0.450. The predicted octanol–water partition coefficient (Wildman–Crippen LogP) is 2.58. The van der Waals surface area contributed by atoms with Gasteiger partial charge in [0.05, 0.1) is 5.69 Å². The molecule has 1 aliphatic carbocycles. The summed E-state index contributed by atoms with van der Waals surface area (Å²) < 4.78 is 0. The Bertz CT molecular complexity index is 367. The molecule has 0 bridgehead atoms. The average molecular weight is 240 g/mol. The van der Waals surface area contributed by atoms with Crippen LogP contribution in [0.25, 0.3) is 0 Å². The predicted molar refractivity (Wildman–Crippen MR) is 67.8 cm³/mol. The topological polar surface area (TPSA) is 50.9 Å². The zero-order valence-electron chi connectivity index (χ0n) is 9.54. The van der Waals surface area contributed by atoms with E-state index in [9.17, 15) is 0 Å². The van der Waals surface area contributed by atoms with Crippen LogP contribution in [0.15, 0.2) is 12.3 Å². The molecule has 1 aliphatic rings. The van der Waals surface area contributed by atoms with Gasteiger partial charge in [-0.3, -0.25) is 0 Å². The number of aryl methyl sites for hydroxylation is 1. The fourth-order valence-electron chi connectivity index (χ4n) is 2.36. The first-order chi connectivity index (χ1) is 7.70. The third-order valence-corrected chi connectivity index (χ3v) is 3.58. The first-order valence-electron chi connectivity index (χ1n) is 5.79. The molecule has 2 unspecified atom stereocenters. The van der Waals surface area contributed by atoms with E-state index in [-0.39, 0.29) is 0 Å². The number of halogens is 1. The maximum atomic E-state index is 6.06. The summed E-state index contributed by atoms with van der Waals surface area (Å²) in [6.07, 6.45) is 5.41. The molecule has 0 amide bonds. The molecule has 2 rings (SSSR count). The van der Waals surface area contributed by atoms with Crippen molar-refractivity contribution in [3.63, 3.8) is 0 Å². The van der Waals surface area contributed by atoms with Crippen molar-refractivity contribution in [2.24, 2.45) is 11.7 Å². The molecule has 2 atom stereocenters. The second-order valence-corrected chi connectivity index (χ2v) is 4.89. The van der Waals surface area contributed by atoms with Gasteiger partial charge < -0.3 is 11.1 Å². The summed E-state index contributed by atoms with van der Waals surface area (Å²) in [5.74, 6) is 0.566. The van der Waals surface area contributed by atoms with E-state index in [1.165, 1.54) is 19.3 Å². The molecule has 0 aromatic carbocycles. The Morgan fingerprint density at radius 1 is 1.56 bits per heavy atom. The maximum absolute atomic E-state index is 6.06. The van der Waals surface area contributed by atoms with Gasteiger partial charge in [-0.05, 0) is 43.9 Å². The Balaban J connectivity index is 2.11. The summed E-state index contributed by atoms with van der Waals surface area (Å²) in [6, 6.07) is 2.49. The van der Waals surface area contributed by atoms with Crippen molar-refractivity contribution in [3.8, 4) is 0 Å². The fourth-order valence-corrected chi connectivity index (χ4v) is 2.52. The van der Waals surface area contributed by atoms with Crippen molar-refractivity contribution >= 4 is 17.3 Å². The lowest BCUT2D eigenvalue weighted by molar-refractivity contribution is 0.516. The van der Waals surface area contributed by atoms with E-state index in [1.807, 2.05) is 13.0 Å². The van der Waals surface area contributed by atoms with Gasteiger partial charge in [-0.1, -0.05) is 18.0 Å². The molecule has 88 valence electrons. The highest BCUT2D eigenvalue weighted by Crippen LogP contribution is 2.30. The Hall–Kier alpha value is -0.800. The van der Waals surface area contributed by atoms with Crippen LogP contribution in [0.2, 0.25) is 5.15 Å². The maximum Gasteiger partial charge on any atom is 0.152 e. The zero-order chi connectivity index (χ0) is 11.5. The average Bonchev–Trinajstić information content (AvgIpc) is 2.71. The second-order valence-electron chi connectivity index (χ2n) is 4.53. The largest absolute Gasteiger partial charge is 0.379 e. The van der Waals surface area contributed by atoms with E-state index in [2.05, 4.69) is 10.3 Å². The molecule has 3 nitrogen and oxygen atoms in total. The van der Waals surface area contributed by atoms with Gasteiger partial charge in [0.25, 0.3) is 0 Å². The third-order valence-electron chi connectivity index (χ3n) is 3.28. The van der Waals surface area contributed by atoms with Gasteiger partial charge in [0, 0.05) is 12.2 Å². The summed E-state index contributed by atoms with van der Waals surface area (Å²) >= 11 is 6.06. The van der Waals surface area contributed by atoms with Crippen molar-refractivity contribution in [2.45, 2.75) is 32.2 Å². The van der Waals surface area contributed by atoms with E-state index in [1.54, 1.807) is 6.20 Å². The zero-order valence-corrected chi connectivity index (χ0v) is 10.3. The van der Waals surface area contributed by atoms with Crippen LogP contribution in [0.4, 0.5) is 5.69 Å². The van der Waals surface area contributed by atoms with Crippen molar-refractivity contribution in [2.75, 3.05) is 11.9 Å². The first kappa shape index (κ1) is 11.7. The SMILES string of the molecule is Cc1cnc(Cl)c(NC2CCCC2CN)c1. The summed E-state index contributed by atoms with van der Waals surface area (Å²) in [6.45, 7) is 2.76. The number of nitrogens with two attached hydrogens (primary N) is 1. The van der Waals surface area contributed by atoms with Crippen LogP contribution in [0.1, 0.15) is 24.8 Å². The van der Waals surface area contributed by atoms with Crippen molar-refractivity contribution < 1.29 is 0 Å². The molecular formula is C12H18ClN3. The van der Waals surface area contributed by atoms with Crippen LogP contribution in [-0.2, 0) is 0 Å². The number of rotatable bonds is 3. The van der Waals surface area contributed by atoms with Gasteiger partial charge >= 0.3 is 0 Å². The standard InChI is InChI=1S/C12H18ClN3/c1-8-5-11(12(13)15-7-8)16-10-4-2-3-9(10)6-14/h5,7,9-10,16H,2-4,6,14H2,1H3. The van der Waals surface area contributed by atoms with Gasteiger partial charge in [-0.25, -0.2) is 4.98 Å². The summed E-state index contributed by atoms with van der Waals surface area (Å²) in [7, 11) is 0. The fraction of sp³-hybridized carbons (Fsp3) is 0.583. The quantitative estimate of drug-likeness (QED) is 0.798. The highest BCUT2D eigenvalue weighted by Gasteiger charge is 2.26. The van der Waals surface area contributed by atoms with E-state index in [0.29, 0.717) is 17.1 Å². The Morgan fingerprint density at radius 2 is 2.38 bits per heavy atom. The summed E-state index contributed by atoms with van der Waals surface area (Å²) in [5, 5.41) is 4.03. The molecule has 1 saturated carbocycles. The van der Waals surface area contributed by atoms with Crippen LogP contribution >= 0.6 is 11.6 Å². The lowest BCUT2D eigenvalue weighted by Gasteiger charge is -2.21. The molecule has 1 aromatic heterocycles. The molecule has 1 heterocycles. The first-order valence-corrected chi connectivity index (χ1v) is 6.17. The van der Waals surface area contributed by atoms with Crippen LogP contribution in [0, 0.1) is 12.8 Å². The monoisotopic (exact) mass is 239 g/mol. The normalized spacial score (nSPS) is 24.7. The smallest absolute Gasteiger partial charge is 0.152 e. The van der Waals surface area contributed by atoms with Crippen LogP contribution in [0.5, 0.6) is 0 Å². The van der Waals surface area contributed by atoms with Gasteiger partial charge in [-0.15, -0.1) is 0 Å². The van der Waals surface area contributed by atoms with E-state index >= 15 is 0 Å². The Morgan fingerprint density at radius 3 is 3.12 bits per heavy atom. The lowest BCUT2D eigenvalue weighted by Crippen LogP contribution is -2.29. The number of hydrogen-bond acceptors (Lipinski definition) is 3. The highest BCUT2D eigenvalue weighted by atomic mass is 35.5.